The summed E-state index contributed by atoms with van der Waals surface area (Å²) in [6.45, 7) is 1.88. The summed E-state index contributed by atoms with van der Waals surface area (Å²) in [5, 5.41) is 11.0. The number of benzene rings is 2. The molecule has 0 aliphatic heterocycles. The average Bonchev–Trinajstić information content (AvgIpc) is 3.25. The van der Waals surface area contributed by atoms with Crippen LogP contribution in [0.1, 0.15) is 49.6 Å². The molecule has 0 radical (unpaired) electrons. The topological polar surface area (TPSA) is 93.5 Å². The fraction of sp³-hybridized carbons (Fsp3) is 0.400. The molecule has 9 heteroatoms. The number of fused-ring (bicyclic) bond motifs is 4. The van der Waals surface area contributed by atoms with Crippen molar-refractivity contribution in [2.24, 2.45) is 5.92 Å². The molecule has 6 rings (SSSR count). The largest absolute Gasteiger partial charge is 0.484 e. The summed E-state index contributed by atoms with van der Waals surface area (Å²) < 4.78 is 24.4. The summed E-state index contributed by atoms with van der Waals surface area (Å²) >= 11 is 5.68. The van der Waals surface area contributed by atoms with Crippen molar-refractivity contribution < 1.29 is 23.2 Å². The van der Waals surface area contributed by atoms with Crippen molar-refractivity contribution in [1.29, 1.82) is 0 Å². The van der Waals surface area contributed by atoms with Gasteiger partial charge < -0.3 is 19.9 Å². The maximum atomic E-state index is 13.6. The number of hydrogen-bond acceptors (Lipinski definition) is 5. The van der Waals surface area contributed by atoms with Gasteiger partial charge in [-0.2, -0.15) is 0 Å². The molecule has 1 atom stereocenters. The summed E-state index contributed by atoms with van der Waals surface area (Å²) in [5.41, 5.74) is -0.0400. The highest BCUT2D eigenvalue weighted by molar-refractivity contribution is 6.30. The number of nitrogens with zero attached hydrogens (tertiary/aromatic N) is 1. The third kappa shape index (κ3) is 4.11. The Morgan fingerprint density at radius 2 is 1.94 bits per heavy atom. The van der Waals surface area contributed by atoms with Crippen molar-refractivity contribution in [2.75, 3.05) is 6.61 Å². The van der Waals surface area contributed by atoms with Crippen LogP contribution in [0.5, 0.6) is 5.75 Å². The Balaban J connectivity index is 1.21. The van der Waals surface area contributed by atoms with Crippen molar-refractivity contribution in [3.63, 3.8) is 0 Å². The van der Waals surface area contributed by atoms with Gasteiger partial charge in [0.05, 0.1) is 10.4 Å². The van der Waals surface area contributed by atoms with Gasteiger partial charge in [0.1, 0.15) is 17.1 Å². The van der Waals surface area contributed by atoms with Gasteiger partial charge in [-0.05, 0) is 62.3 Å². The molecule has 1 heterocycles. The minimum atomic E-state index is -0.594. The Morgan fingerprint density at radius 3 is 2.68 bits per heavy atom. The molecule has 178 valence electrons. The molecular formula is C25H25ClFN3O4. The first-order chi connectivity index (χ1) is 16.3. The SMILES string of the molecule is CC1CC2(NC(=O)c3onc4ccccc34)CCC1(NC(=O)COc1ccc(Cl)c(F)c1)CC2. The number of carbonyl (C=O) groups excluding carboxylic acids is 2. The quantitative estimate of drug-likeness (QED) is 0.530. The van der Waals surface area contributed by atoms with Crippen LogP contribution in [0, 0.1) is 11.7 Å². The van der Waals surface area contributed by atoms with E-state index in [1.165, 1.54) is 12.1 Å². The molecular weight excluding hydrogens is 461 g/mol. The Kier molecular flexibility index (Phi) is 5.72. The van der Waals surface area contributed by atoms with Crippen molar-refractivity contribution in [3.8, 4) is 5.75 Å². The van der Waals surface area contributed by atoms with E-state index in [0.717, 1.165) is 38.2 Å². The molecule has 3 aromatic rings. The Hall–Kier alpha value is -3.13. The maximum Gasteiger partial charge on any atom is 0.290 e. The summed E-state index contributed by atoms with van der Waals surface area (Å²) in [7, 11) is 0. The maximum absolute atomic E-state index is 13.6. The number of halogens is 2. The van der Waals surface area contributed by atoms with Crippen LogP contribution in [0.3, 0.4) is 0 Å². The van der Waals surface area contributed by atoms with Crippen molar-refractivity contribution in [1.82, 2.24) is 15.8 Å². The van der Waals surface area contributed by atoms with E-state index in [1.54, 1.807) is 6.07 Å². The molecule has 2 N–H and O–H groups in total. The van der Waals surface area contributed by atoms with E-state index in [9.17, 15) is 14.0 Å². The van der Waals surface area contributed by atoms with Gasteiger partial charge in [0.25, 0.3) is 11.8 Å². The number of rotatable bonds is 6. The standard InChI is InChI=1S/C25H25ClFN3O4/c1-15-13-24(29-23(32)22-17-4-2-3-5-20(17)30-34-22)8-10-25(15,11-9-24)28-21(31)14-33-16-6-7-18(26)19(27)12-16/h2-7,12,15H,8-11,13-14H2,1H3,(H,28,31)(H,29,32). The van der Waals surface area contributed by atoms with Gasteiger partial charge in [-0.15, -0.1) is 0 Å². The van der Waals surface area contributed by atoms with E-state index in [0.29, 0.717) is 10.9 Å². The molecule has 0 spiro atoms. The fourth-order valence-electron chi connectivity index (χ4n) is 5.46. The van der Waals surface area contributed by atoms with Gasteiger partial charge >= 0.3 is 0 Å². The number of nitrogens with one attached hydrogen (secondary N) is 2. The zero-order chi connectivity index (χ0) is 23.9. The van der Waals surface area contributed by atoms with Gasteiger partial charge in [0.2, 0.25) is 5.76 Å². The first kappa shape index (κ1) is 22.7. The minimum Gasteiger partial charge on any atom is -0.484 e. The van der Waals surface area contributed by atoms with E-state index >= 15 is 0 Å². The zero-order valence-corrected chi connectivity index (χ0v) is 19.5. The monoisotopic (exact) mass is 485 g/mol. The van der Waals surface area contributed by atoms with Crippen LogP contribution >= 0.6 is 11.6 Å². The number of carbonyl (C=O) groups is 2. The third-order valence-electron chi connectivity index (χ3n) is 7.36. The number of hydrogen-bond donors (Lipinski definition) is 2. The minimum absolute atomic E-state index is 0.000924. The van der Waals surface area contributed by atoms with E-state index in [-0.39, 0.29) is 51.9 Å². The second kappa shape index (κ2) is 8.58. The van der Waals surface area contributed by atoms with E-state index < -0.39 is 5.82 Å². The number of ether oxygens (including phenoxy) is 1. The lowest BCUT2D eigenvalue weighted by Crippen LogP contribution is -2.67. The lowest BCUT2D eigenvalue weighted by atomic mass is 9.56. The van der Waals surface area contributed by atoms with Crippen LogP contribution in [-0.4, -0.2) is 34.7 Å². The van der Waals surface area contributed by atoms with Crippen molar-refractivity contribution in [3.05, 3.63) is 59.1 Å². The Labute approximate surface area is 201 Å². The highest BCUT2D eigenvalue weighted by Gasteiger charge is 2.54. The second-order valence-electron chi connectivity index (χ2n) is 9.44. The van der Waals surface area contributed by atoms with E-state index in [4.69, 9.17) is 20.9 Å². The van der Waals surface area contributed by atoms with E-state index in [2.05, 4.69) is 22.7 Å². The summed E-state index contributed by atoms with van der Waals surface area (Å²) in [6.07, 6.45) is 3.73. The van der Waals surface area contributed by atoms with Crippen LogP contribution in [0.15, 0.2) is 47.0 Å². The van der Waals surface area contributed by atoms with Crippen LogP contribution in [0.25, 0.3) is 10.9 Å². The lowest BCUT2D eigenvalue weighted by molar-refractivity contribution is -0.128. The first-order valence-corrected chi connectivity index (χ1v) is 11.7. The molecule has 34 heavy (non-hydrogen) atoms. The number of amides is 2. The van der Waals surface area contributed by atoms with Crippen LogP contribution < -0.4 is 15.4 Å². The Morgan fingerprint density at radius 1 is 1.18 bits per heavy atom. The molecule has 2 aromatic carbocycles. The predicted molar refractivity (Wildman–Crippen MR) is 124 cm³/mol. The van der Waals surface area contributed by atoms with Gasteiger partial charge in [0, 0.05) is 17.1 Å². The molecule has 0 saturated heterocycles. The lowest BCUT2D eigenvalue weighted by Gasteiger charge is -2.57. The molecule has 1 unspecified atom stereocenters. The highest BCUT2D eigenvalue weighted by Crippen LogP contribution is 2.50. The van der Waals surface area contributed by atoms with Gasteiger partial charge in [-0.3, -0.25) is 9.59 Å². The molecule has 3 aliphatic rings. The fourth-order valence-corrected chi connectivity index (χ4v) is 5.57. The summed E-state index contributed by atoms with van der Waals surface area (Å²) in [4.78, 5) is 25.7. The van der Waals surface area contributed by atoms with Crippen LogP contribution in [0.2, 0.25) is 5.02 Å². The molecule has 2 bridgehead atoms. The molecule has 3 fully saturated rings. The highest BCUT2D eigenvalue weighted by atomic mass is 35.5. The molecule has 3 aliphatic carbocycles. The van der Waals surface area contributed by atoms with Gasteiger partial charge in [-0.25, -0.2) is 4.39 Å². The zero-order valence-electron chi connectivity index (χ0n) is 18.7. The molecule has 2 amide bonds. The molecule has 1 aromatic heterocycles. The number of aromatic nitrogens is 1. The third-order valence-corrected chi connectivity index (χ3v) is 7.66. The average molecular weight is 486 g/mol. The molecule has 3 saturated carbocycles. The van der Waals surface area contributed by atoms with Gasteiger partial charge in [0.15, 0.2) is 6.61 Å². The Bertz CT molecular complexity index is 1250. The van der Waals surface area contributed by atoms with Crippen LogP contribution in [-0.2, 0) is 4.79 Å². The van der Waals surface area contributed by atoms with E-state index in [1.807, 2.05) is 18.2 Å². The summed E-state index contributed by atoms with van der Waals surface area (Å²) in [5.74, 6) is -0.487. The smallest absolute Gasteiger partial charge is 0.290 e. The molecule has 7 nitrogen and oxygen atoms in total. The van der Waals surface area contributed by atoms with Crippen molar-refractivity contribution >= 4 is 34.3 Å². The van der Waals surface area contributed by atoms with Gasteiger partial charge in [-0.1, -0.05) is 35.8 Å². The van der Waals surface area contributed by atoms with Crippen molar-refractivity contribution in [2.45, 2.75) is 50.1 Å². The summed E-state index contributed by atoms with van der Waals surface area (Å²) in [6, 6.07) is 11.4. The normalized spacial score (nSPS) is 25.8. The second-order valence-corrected chi connectivity index (χ2v) is 9.84. The first-order valence-electron chi connectivity index (χ1n) is 11.4. The van der Waals surface area contributed by atoms with Crippen LogP contribution in [0.4, 0.5) is 4.39 Å². The predicted octanol–water partition coefficient (Wildman–Crippen LogP) is 4.64.